The van der Waals surface area contributed by atoms with Gasteiger partial charge in [0.2, 0.25) is 0 Å². The highest BCUT2D eigenvalue weighted by atomic mass is 19.4. The summed E-state index contributed by atoms with van der Waals surface area (Å²) < 4.78 is 77.3. The number of hydrogen-bond acceptors (Lipinski definition) is 4. The van der Waals surface area contributed by atoms with Gasteiger partial charge in [0, 0.05) is 0 Å². The van der Waals surface area contributed by atoms with E-state index >= 15 is 0 Å². The van der Waals surface area contributed by atoms with Gasteiger partial charge in [-0.05, 0) is 18.2 Å². The molecule has 0 aliphatic heterocycles. The lowest BCUT2D eigenvalue weighted by Gasteiger charge is -2.16. The van der Waals surface area contributed by atoms with Gasteiger partial charge in [0.15, 0.2) is 11.5 Å². The number of halogens is 6. The Bertz CT molecular complexity index is 882. The quantitative estimate of drug-likeness (QED) is 0.684. The lowest BCUT2D eigenvalue weighted by atomic mass is 10.1. The minimum absolute atomic E-state index is 0.0391. The third-order valence-corrected chi connectivity index (χ3v) is 3.13. The molecule has 126 valence electrons. The molecule has 2 aromatic heterocycles. The molecule has 3 rings (SSSR count). The van der Waals surface area contributed by atoms with Gasteiger partial charge in [0.05, 0.1) is 23.1 Å². The van der Waals surface area contributed by atoms with E-state index < -0.39 is 29.2 Å². The molecular formula is C13H7F6N5. The number of benzene rings is 1. The number of H-pyrrole nitrogens is 1. The number of rotatable bonds is 2. The highest BCUT2D eigenvalue weighted by molar-refractivity contribution is 5.85. The maximum atomic E-state index is 13.1. The van der Waals surface area contributed by atoms with E-state index in [0.29, 0.717) is 12.1 Å². The van der Waals surface area contributed by atoms with Gasteiger partial charge in [0.25, 0.3) is 0 Å². The van der Waals surface area contributed by atoms with Gasteiger partial charge in [0.1, 0.15) is 11.8 Å². The summed E-state index contributed by atoms with van der Waals surface area (Å²) >= 11 is 0. The van der Waals surface area contributed by atoms with Crippen molar-refractivity contribution in [1.29, 1.82) is 0 Å². The van der Waals surface area contributed by atoms with E-state index in [0.717, 1.165) is 6.33 Å². The molecule has 11 heteroatoms. The minimum atomic E-state index is -4.98. The van der Waals surface area contributed by atoms with Gasteiger partial charge in [-0.2, -0.15) is 26.3 Å². The second-order valence-corrected chi connectivity index (χ2v) is 4.70. The first-order valence-electron chi connectivity index (χ1n) is 6.36. The molecule has 3 aromatic rings. The summed E-state index contributed by atoms with van der Waals surface area (Å²) in [4.78, 5) is 14.0. The topological polar surface area (TPSA) is 66.5 Å². The molecule has 1 aromatic carbocycles. The van der Waals surface area contributed by atoms with Crippen LogP contribution >= 0.6 is 0 Å². The lowest BCUT2D eigenvalue weighted by molar-refractivity contribution is -0.142. The van der Waals surface area contributed by atoms with Gasteiger partial charge in [-0.15, -0.1) is 0 Å². The molecule has 0 spiro atoms. The molecule has 0 aliphatic rings. The SMILES string of the molecule is FC(F)(F)c1ccc(Nc2ncnc3nc[nH]c23)c(C(F)(F)F)c1. The maximum absolute atomic E-state index is 13.1. The van der Waals surface area contributed by atoms with Crippen molar-refractivity contribution in [2.75, 3.05) is 5.32 Å². The number of nitrogens with one attached hydrogen (secondary N) is 2. The molecule has 5 nitrogen and oxygen atoms in total. The predicted molar refractivity (Wildman–Crippen MR) is 71.4 cm³/mol. The monoisotopic (exact) mass is 347 g/mol. The standard InChI is InChI=1S/C13H7F6N5/c14-12(15,16)6-1-2-8(7(3-6)13(17,18)19)24-11-9-10(21-4-20-9)22-5-23-11/h1-5H,(H2,20,21,22,23,24). The number of anilines is 2. The summed E-state index contributed by atoms with van der Waals surface area (Å²) in [5.74, 6) is -0.0391. The Balaban J connectivity index is 2.09. The van der Waals surface area contributed by atoms with Crippen LogP contribution in [0, 0.1) is 0 Å². The number of nitrogens with zero attached hydrogens (tertiary/aromatic N) is 3. The maximum Gasteiger partial charge on any atom is 0.418 e. The van der Waals surface area contributed by atoms with Gasteiger partial charge < -0.3 is 10.3 Å². The second-order valence-electron chi connectivity index (χ2n) is 4.70. The number of imidazole rings is 1. The van der Waals surface area contributed by atoms with Crippen molar-refractivity contribution in [1.82, 2.24) is 19.9 Å². The number of hydrogen-bond donors (Lipinski definition) is 2. The number of alkyl halides is 6. The Morgan fingerprint density at radius 2 is 1.67 bits per heavy atom. The first-order chi connectivity index (χ1) is 11.2. The van der Waals surface area contributed by atoms with Gasteiger partial charge in [-0.1, -0.05) is 0 Å². The zero-order chi connectivity index (χ0) is 17.5. The summed E-state index contributed by atoms with van der Waals surface area (Å²) in [6.45, 7) is 0. The Kier molecular flexibility index (Phi) is 3.57. The highest BCUT2D eigenvalue weighted by Gasteiger charge is 2.38. The molecule has 0 fully saturated rings. The number of aromatic nitrogens is 4. The van der Waals surface area contributed by atoms with Crippen LogP contribution in [0.3, 0.4) is 0 Å². The molecule has 0 bridgehead atoms. The van der Waals surface area contributed by atoms with Crippen LogP contribution in [0.1, 0.15) is 11.1 Å². The zero-order valence-corrected chi connectivity index (χ0v) is 11.5. The van der Waals surface area contributed by atoms with E-state index in [1.807, 2.05) is 0 Å². The molecule has 0 radical (unpaired) electrons. The zero-order valence-electron chi connectivity index (χ0n) is 11.5. The molecule has 0 saturated carbocycles. The summed E-state index contributed by atoms with van der Waals surface area (Å²) in [6, 6.07) is 1.31. The molecule has 0 amide bonds. The van der Waals surface area contributed by atoms with Gasteiger partial charge in [-0.3, -0.25) is 0 Å². The second kappa shape index (κ2) is 5.35. The fraction of sp³-hybridized carbons (Fsp3) is 0.154. The average Bonchev–Trinajstić information content (AvgIpc) is 2.95. The summed E-state index contributed by atoms with van der Waals surface area (Å²) in [6.07, 6.45) is -7.53. The fourth-order valence-electron chi connectivity index (χ4n) is 2.05. The van der Waals surface area contributed by atoms with Gasteiger partial charge >= 0.3 is 12.4 Å². The molecule has 0 unspecified atom stereocenters. The Hall–Kier alpha value is -2.85. The average molecular weight is 347 g/mol. The van der Waals surface area contributed by atoms with E-state index in [1.54, 1.807) is 0 Å². The number of aromatic amines is 1. The van der Waals surface area contributed by atoms with E-state index in [1.165, 1.54) is 6.33 Å². The highest BCUT2D eigenvalue weighted by Crippen LogP contribution is 2.40. The van der Waals surface area contributed by atoms with Crippen LogP contribution in [-0.2, 0) is 12.4 Å². The first-order valence-corrected chi connectivity index (χ1v) is 6.36. The van der Waals surface area contributed by atoms with E-state index in [2.05, 4.69) is 25.3 Å². The van der Waals surface area contributed by atoms with Crippen molar-refractivity contribution < 1.29 is 26.3 Å². The van der Waals surface area contributed by atoms with Gasteiger partial charge in [-0.25, -0.2) is 15.0 Å². The predicted octanol–water partition coefficient (Wildman–Crippen LogP) is 4.13. The largest absolute Gasteiger partial charge is 0.418 e. The van der Waals surface area contributed by atoms with E-state index in [-0.39, 0.29) is 23.0 Å². The smallest absolute Gasteiger partial charge is 0.340 e. The third-order valence-electron chi connectivity index (χ3n) is 3.13. The van der Waals surface area contributed by atoms with Crippen LogP contribution in [0.25, 0.3) is 11.2 Å². The molecular weight excluding hydrogens is 340 g/mol. The van der Waals surface area contributed by atoms with Crippen molar-refractivity contribution in [3.63, 3.8) is 0 Å². The number of fused-ring (bicyclic) bond motifs is 1. The van der Waals surface area contributed by atoms with Crippen molar-refractivity contribution in [3.8, 4) is 0 Å². The summed E-state index contributed by atoms with van der Waals surface area (Å²) in [5.41, 5.74) is -2.98. The Labute approximate surface area is 129 Å². The normalized spacial score (nSPS) is 12.6. The molecule has 0 saturated heterocycles. The lowest BCUT2D eigenvalue weighted by Crippen LogP contribution is -2.13. The van der Waals surface area contributed by atoms with Crippen LogP contribution in [0.2, 0.25) is 0 Å². The third kappa shape index (κ3) is 2.96. The molecule has 2 N–H and O–H groups in total. The van der Waals surface area contributed by atoms with Crippen LogP contribution in [0.5, 0.6) is 0 Å². The first kappa shape index (κ1) is 16.0. The van der Waals surface area contributed by atoms with Crippen molar-refractivity contribution in [2.45, 2.75) is 12.4 Å². The molecule has 0 atom stereocenters. The van der Waals surface area contributed by atoms with Crippen LogP contribution in [0.15, 0.2) is 30.9 Å². The Morgan fingerprint density at radius 1 is 0.917 bits per heavy atom. The summed E-state index contributed by atoms with van der Waals surface area (Å²) in [5, 5.41) is 2.38. The summed E-state index contributed by atoms with van der Waals surface area (Å²) in [7, 11) is 0. The van der Waals surface area contributed by atoms with Crippen LogP contribution in [0.4, 0.5) is 37.8 Å². The van der Waals surface area contributed by atoms with Crippen molar-refractivity contribution in [3.05, 3.63) is 42.0 Å². The minimum Gasteiger partial charge on any atom is -0.340 e. The van der Waals surface area contributed by atoms with E-state index in [9.17, 15) is 26.3 Å². The van der Waals surface area contributed by atoms with Crippen LogP contribution in [-0.4, -0.2) is 19.9 Å². The fourth-order valence-corrected chi connectivity index (χ4v) is 2.05. The van der Waals surface area contributed by atoms with E-state index in [4.69, 9.17) is 0 Å². The Morgan fingerprint density at radius 3 is 2.33 bits per heavy atom. The van der Waals surface area contributed by atoms with Crippen molar-refractivity contribution in [2.24, 2.45) is 0 Å². The van der Waals surface area contributed by atoms with Crippen molar-refractivity contribution >= 4 is 22.7 Å². The molecule has 24 heavy (non-hydrogen) atoms. The van der Waals surface area contributed by atoms with Crippen LogP contribution < -0.4 is 5.32 Å². The molecule has 0 aliphatic carbocycles. The molecule has 2 heterocycles.